The highest BCUT2D eigenvalue weighted by Crippen LogP contribution is 2.19. The Morgan fingerprint density at radius 3 is 3.22 bits per heavy atom. The number of hydrogen-bond donors (Lipinski definition) is 2. The molecule has 2 rings (SSSR count). The number of carbonyl (C=O) groups is 1. The molecule has 0 bridgehead atoms. The molecule has 1 amide bonds. The molecule has 7 heteroatoms. The van der Waals surface area contributed by atoms with Crippen molar-refractivity contribution in [3.05, 3.63) is 11.1 Å². The smallest absolute Gasteiger partial charge is 0.231 e. The van der Waals surface area contributed by atoms with Crippen molar-refractivity contribution >= 4 is 28.1 Å². The van der Waals surface area contributed by atoms with E-state index in [4.69, 9.17) is 9.94 Å². The number of thiazole rings is 1. The van der Waals surface area contributed by atoms with E-state index < -0.39 is 0 Å². The summed E-state index contributed by atoms with van der Waals surface area (Å²) < 4.78 is 5.27. The predicted molar refractivity (Wildman–Crippen MR) is 68.3 cm³/mol. The lowest BCUT2D eigenvalue weighted by Gasteiger charge is -2.20. The third-order valence-electron chi connectivity index (χ3n) is 2.79. The lowest BCUT2D eigenvalue weighted by atomic mass is 10.0. The maximum absolute atomic E-state index is 11.9. The fourth-order valence-corrected chi connectivity index (χ4v) is 2.46. The molecule has 1 aromatic heterocycles. The Kier molecular flexibility index (Phi) is 4.27. The molecule has 0 radical (unpaired) electrons. The minimum atomic E-state index is -0.0984. The van der Waals surface area contributed by atoms with Crippen molar-refractivity contribution in [1.82, 2.24) is 4.98 Å². The van der Waals surface area contributed by atoms with Crippen LogP contribution in [0.4, 0.5) is 5.13 Å². The van der Waals surface area contributed by atoms with E-state index in [2.05, 4.69) is 15.5 Å². The van der Waals surface area contributed by atoms with Gasteiger partial charge in [0.25, 0.3) is 0 Å². The van der Waals surface area contributed by atoms with E-state index in [0.29, 0.717) is 23.1 Å². The summed E-state index contributed by atoms with van der Waals surface area (Å²) in [6.07, 6.45) is 1.76. The van der Waals surface area contributed by atoms with Gasteiger partial charge >= 0.3 is 0 Å². The Hall–Kier alpha value is -1.47. The molecule has 98 valence electrons. The lowest BCUT2D eigenvalue weighted by molar-refractivity contribution is -0.123. The number of carbonyl (C=O) groups excluding carboxylic acids is 1. The molecule has 0 saturated carbocycles. The second kappa shape index (κ2) is 5.92. The first kappa shape index (κ1) is 13.0. The van der Waals surface area contributed by atoms with Gasteiger partial charge in [0.05, 0.1) is 12.5 Å². The number of rotatable bonds is 3. The summed E-state index contributed by atoms with van der Waals surface area (Å²) in [7, 11) is 0. The third kappa shape index (κ3) is 3.05. The van der Waals surface area contributed by atoms with Crippen molar-refractivity contribution in [2.24, 2.45) is 11.1 Å². The number of amides is 1. The Morgan fingerprint density at radius 2 is 2.56 bits per heavy atom. The van der Waals surface area contributed by atoms with E-state index in [0.717, 1.165) is 19.4 Å². The maximum Gasteiger partial charge on any atom is 0.231 e. The quantitative estimate of drug-likeness (QED) is 0.497. The molecular formula is C11H15N3O3S. The first-order valence-corrected chi connectivity index (χ1v) is 6.62. The van der Waals surface area contributed by atoms with Crippen LogP contribution in [0.15, 0.2) is 10.5 Å². The monoisotopic (exact) mass is 269 g/mol. The third-order valence-corrected chi connectivity index (χ3v) is 3.54. The molecule has 1 aliphatic rings. The normalized spacial score (nSPS) is 20.7. The Labute approximate surface area is 109 Å². The van der Waals surface area contributed by atoms with Gasteiger partial charge in [0.2, 0.25) is 5.91 Å². The van der Waals surface area contributed by atoms with Gasteiger partial charge in [-0.15, -0.1) is 11.3 Å². The largest absolute Gasteiger partial charge is 0.411 e. The zero-order chi connectivity index (χ0) is 13.0. The molecule has 2 N–H and O–H groups in total. The van der Waals surface area contributed by atoms with Crippen LogP contribution in [0.3, 0.4) is 0 Å². The van der Waals surface area contributed by atoms with Crippen molar-refractivity contribution in [3.8, 4) is 0 Å². The fourth-order valence-electron chi connectivity index (χ4n) is 1.70. The topological polar surface area (TPSA) is 83.8 Å². The van der Waals surface area contributed by atoms with E-state index in [1.807, 2.05) is 0 Å². The van der Waals surface area contributed by atoms with Gasteiger partial charge in [-0.05, 0) is 19.8 Å². The number of nitrogens with one attached hydrogen (secondary N) is 1. The van der Waals surface area contributed by atoms with Crippen LogP contribution in [-0.2, 0) is 9.53 Å². The van der Waals surface area contributed by atoms with Crippen molar-refractivity contribution in [2.45, 2.75) is 19.8 Å². The Balaban J connectivity index is 1.96. The van der Waals surface area contributed by atoms with Gasteiger partial charge in [-0.25, -0.2) is 4.98 Å². The first-order valence-electron chi connectivity index (χ1n) is 5.74. The van der Waals surface area contributed by atoms with Crippen molar-refractivity contribution in [2.75, 3.05) is 18.5 Å². The van der Waals surface area contributed by atoms with E-state index in [-0.39, 0.29) is 11.8 Å². The molecule has 1 atom stereocenters. The number of ether oxygens (including phenoxy) is 1. The summed E-state index contributed by atoms with van der Waals surface area (Å²) >= 11 is 1.31. The van der Waals surface area contributed by atoms with Gasteiger partial charge in [-0.3, -0.25) is 4.79 Å². The Morgan fingerprint density at radius 1 is 1.72 bits per heavy atom. The molecule has 0 aromatic carbocycles. The Bertz CT molecular complexity index is 452. The summed E-state index contributed by atoms with van der Waals surface area (Å²) in [5.41, 5.74) is 0.991. The van der Waals surface area contributed by atoms with Crippen LogP contribution >= 0.6 is 11.3 Å². The summed E-state index contributed by atoms with van der Waals surface area (Å²) in [6.45, 7) is 2.86. The average Bonchev–Trinajstić information content (AvgIpc) is 2.87. The number of oxime groups is 1. The minimum Gasteiger partial charge on any atom is -0.411 e. The van der Waals surface area contributed by atoms with Crippen LogP contribution in [0.2, 0.25) is 0 Å². The molecule has 1 saturated heterocycles. The second-order valence-corrected chi connectivity index (χ2v) is 4.98. The van der Waals surface area contributed by atoms with Crippen molar-refractivity contribution < 1.29 is 14.7 Å². The highest BCUT2D eigenvalue weighted by atomic mass is 32.1. The average molecular weight is 269 g/mol. The zero-order valence-electron chi connectivity index (χ0n) is 10.0. The SMILES string of the molecule is CC(=NO)c1csc(NC(=O)C2CCCOC2)n1. The number of aromatic nitrogens is 1. The summed E-state index contributed by atoms with van der Waals surface area (Å²) in [5, 5.41) is 16.7. The van der Waals surface area contributed by atoms with Crippen LogP contribution in [0, 0.1) is 5.92 Å². The number of nitrogens with zero attached hydrogens (tertiary/aromatic N) is 2. The molecule has 18 heavy (non-hydrogen) atoms. The van der Waals surface area contributed by atoms with E-state index in [1.165, 1.54) is 11.3 Å². The highest BCUT2D eigenvalue weighted by molar-refractivity contribution is 7.14. The molecule has 1 aromatic rings. The highest BCUT2D eigenvalue weighted by Gasteiger charge is 2.22. The summed E-state index contributed by atoms with van der Waals surface area (Å²) in [6, 6.07) is 0. The van der Waals surface area contributed by atoms with E-state index >= 15 is 0 Å². The van der Waals surface area contributed by atoms with Crippen LogP contribution in [0.1, 0.15) is 25.5 Å². The standard InChI is InChI=1S/C11H15N3O3S/c1-7(14-16)9-6-18-11(12-9)13-10(15)8-3-2-4-17-5-8/h6,8,16H,2-5H2,1H3,(H,12,13,15). The van der Waals surface area contributed by atoms with Crippen molar-refractivity contribution in [1.29, 1.82) is 0 Å². The van der Waals surface area contributed by atoms with Crippen LogP contribution < -0.4 is 5.32 Å². The van der Waals surface area contributed by atoms with Crippen LogP contribution in [0.5, 0.6) is 0 Å². The van der Waals surface area contributed by atoms with Crippen LogP contribution in [0.25, 0.3) is 0 Å². The van der Waals surface area contributed by atoms with Gasteiger partial charge < -0.3 is 15.3 Å². The molecule has 1 unspecified atom stereocenters. The fraction of sp³-hybridized carbons (Fsp3) is 0.545. The molecule has 1 aliphatic heterocycles. The zero-order valence-corrected chi connectivity index (χ0v) is 10.9. The number of anilines is 1. The first-order chi connectivity index (χ1) is 8.70. The maximum atomic E-state index is 11.9. The predicted octanol–water partition coefficient (Wildman–Crippen LogP) is 1.71. The minimum absolute atomic E-state index is 0.0609. The van der Waals surface area contributed by atoms with Gasteiger partial charge in [-0.1, -0.05) is 5.16 Å². The number of hydrogen-bond acceptors (Lipinski definition) is 6. The van der Waals surface area contributed by atoms with E-state index in [9.17, 15) is 4.79 Å². The molecule has 0 spiro atoms. The second-order valence-electron chi connectivity index (χ2n) is 4.13. The van der Waals surface area contributed by atoms with E-state index in [1.54, 1.807) is 12.3 Å². The van der Waals surface area contributed by atoms with Gasteiger partial charge in [-0.2, -0.15) is 0 Å². The molecule has 6 nitrogen and oxygen atoms in total. The molecular weight excluding hydrogens is 254 g/mol. The van der Waals surface area contributed by atoms with Gasteiger partial charge in [0, 0.05) is 12.0 Å². The molecule has 0 aliphatic carbocycles. The van der Waals surface area contributed by atoms with Gasteiger partial charge in [0.15, 0.2) is 5.13 Å². The van der Waals surface area contributed by atoms with Crippen molar-refractivity contribution in [3.63, 3.8) is 0 Å². The molecule has 2 heterocycles. The van der Waals surface area contributed by atoms with Crippen LogP contribution in [-0.4, -0.2) is 35.0 Å². The lowest BCUT2D eigenvalue weighted by Crippen LogP contribution is -2.30. The van der Waals surface area contributed by atoms with Gasteiger partial charge in [0.1, 0.15) is 11.4 Å². The molecule has 1 fully saturated rings. The summed E-state index contributed by atoms with van der Waals surface area (Å²) in [5.74, 6) is -0.159. The summed E-state index contributed by atoms with van der Waals surface area (Å²) in [4.78, 5) is 16.1.